The first kappa shape index (κ1) is 29.2. The second-order valence-corrected chi connectivity index (χ2v) is 11.4. The highest BCUT2D eigenvalue weighted by molar-refractivity contribution is 7.92. The molecule has 2 atom stereocenters. The molecular formula is C29H34ClN3O4S. The van der Waals surface area contributed by atoms with Gasteiger partial charge in [-0.3, -0.25) is 13.9 Å². The predicted octanol–water partition coefficient (Wildman–Crippen LogP) is 5.26. The average molecular weight is 556 g/mol. The number of anilines is 1. The molecule has 0 aromatic heterocycles. The third-order valence-corrected chi connectivity index (χ3v) is 8.31. The number of hydrogen-bond donors (Lipinski definition) is 1. The number of carbonyl (C=O) groups excluding carboxylic acids is 2. The van der Waals surface area contributed by atoms with Crippen molar-refractivity contribution < 1.29 is 18.0 Å². The highest BCUT2D eigenvalue weighted by atomic mass is 35.5. The zero-order valence-corrected chi connectivity index (χ0v) is 23.5. The lowest BCUT2D eigenvalue weighted by atomic mass is 10.1. The lowest BCUT2D eigenvalue weighted by molar-refractivity contribution is -0.140. The van der Waals surface area contributed by atoms with Gasteiger partial charge >= 0.3 is 0 Å². The van der Waals surface area contributed by atoms with E-state index in [0.717, 1.165) is 16.3 Å². The fourth-order valence-corrected chi connectivity index (χ4v) is 5.63. The number of nitrogens with zero attached hydrogens (tertiary/aromatic N) is 2. The molecule has 3 rings (SSSR count). The van der Waals surface area contributed by atoms with Gasteiger partial charge in [-0.15, -0.1) is 0 Å². The number of amides is 2. The van der Waals surface area contributed by atoms with Crippen LogP contribution in [0.1, 0.15) is 39.2 Å². The zero-order valence-electron chi connectivity index (χ0n) is 21.9. The lowest BCUT2D eigenvalue weighted by Crippen LogP contribution is -2.53. The Morgan fingerprint density at radius 3 is 2.11 bits per heavy atom. The normalized spacial score (nSPS) is 12.8. The largest absolute Gasteiger partial charge is 0.352 e. The summed E-state index contributed by atoms with van der Waals surface area (Å²) in [5.74, 6) is -0.772. The van der Waals surface area contributed by atoms with E-state index in [-0.39, 0.29) is 29.1 Å². The van der Waals surface area contributed by atoms with E-state index < -0.39 is 28.5 Å². The van der Waals surface area contributed by atoms with Crippen molar-refractivity contribution in [3.05, 3.63) is 95.5 Å². The number of carbonyl (C=O) groups is 2. The first-order valence-electron chi connectivity index (χ1n) is 12.6. The minimum Gasteiger partial charge on any atom is -0.352 e. The Bertz CT molecular complexity index is 1320. The Balaban J connectivity index is 2.03. The summed E-state index contributed by atoms with van der Waals surface area (Å²) in [7, 11) is -4.12. The van der Waals surface area contributed by atoms with Crippen molar-refractivity contribution in [2.75, 3.05) is 10.8 Å². The van der Waals surface area contributed by atoms with E-state index >= 15 is 0 Å². The Labute approximate surface area is 230 Å². The van der Waals surface area contributed by atoms with Crippen molar-refractivity contribution in [3.8, 4) is 0 Å². The minimum absolute atomic E-state index is 0.0453. The van der Waals surface area contributed by atoms with Crippen LogP contribution in [0.25, 0.3) is 0 Å². The fraction of sp³-hybridized carbons (Fsp3) is 0.310. The van der Waals surface area contributed by atoms with Gasteiger partial charge in [0, 0.05) is 17.6 Å². The Morgan fingerprint density at radius 1 is 0.895 bits per heavy atom. The molecule has 9 heteroatoms. The molecule has 0 radical (unpaired) electrons. The van der Waals surface area contributed by atoms with Crippen LogP contribution >= 0.6 is 11.6 Å². The van der Waals surface area contributed by atoms with Gasteiger partial charge in [0.25, 0.3) is 10.0 Å². The van der Waals surface area contributed by atoms with Crippen molar-refractivity contribution in [1.29, 1.82) is 0 Å². The molecule has 0 aliphatic carbocycles. The van der Waals surface area contributed by atoms with Crippen LogP contribution < -0.4 is 9.62 Å². The third kappa shape index (κ3) is 7.36. The Morgan fingerprint density at radius 2 is 1.53 bits per heavy atom. The maximum atomic E-state index is 14.0. The second kappa shape index (κ2) is 13.4. The molecule has 202 valence electrons. The molecule has 3 aromatic rings. The first-order valence-corrected chi connectivity index (χ1v) is 14.5. The van der Waals surface area contributed by atoms with E-state index in [1.54, 1.807) is 36.4 Å². The summed E-state index contributed by atoms with van der Waals surface area (Å²) in [4.78, 5) is 28.7. The molecule has 0 saturated carbocycles. The molecular weight excluding hydrogens is 522 g/mol. The number of hydrogen-bond acceptors (Lipinski definition) is 4. The van der Waals surface area contributed by atoms with E-state index in [9.17, 15) is 18.0 Å². The number of halogens is 1. The summed E-state index contributed by atoms with van der Waals surface area (Å²) in [6.07, 6.45) is 1.11. The van der Waals surface area contributed by atoms with Gasteiger partial charge < -0.3 is 10.2 Å². The first-order chi connectivity index (χ1) is 18.2. The molecule has 0 bridgehead atoms. The molecule has 7 nitrogen and oxygen atoms in total. The molecule has 0 aliphatic heterocycles. The van der Waals surface area contributed by atoms with E-state index in [4.69, 9.17) is 11.6 Å². The molecule has 38 heavy (non-hydrogen) atoms. The second-order valence-electron chi connectivity index (χ2n) is 9.05. The molecule has 0 fully saturated rings. The van der Waals surface area contributed by atoms with Crippen LogP contribution in [0.3, 0.4) is 0 Å². The van der Waals surface area contributed by atoms with Gasteiger partial charge in [-0.1, -0.05) is 80.0 Å². The van der Waals surface area contributed by atoms with Gasteiger partial charge in [-0.05, 0) is 55.7 Å². The van der Waals surface area contributed by atoms with Crippen LogP contribution in [0.4, 0.5) is 5.69 Å². The molecule has 0 heterocycles. The van der Waals surface area contributed by atoms with E-state index in [1.807, 2.05) is 51.1 Å². The Hall–Kier alpha value is -3.36. The number of nitrogens with one attached hydrogen (secondary N) is 1. The highest BCUT2D eigenvalue weighted by Crippen LogP contribution is 2.27. The van der Waals surface area contributed by atoms with Crippen molar-refractivity contribution in [1.82, 2.24) is 10.2 Å². The third-order valence-electron chi connectivity index (χ3n) is 6.29. The van der Waals surface area contributed by atoms with Crippen LogP contribution in [0.15, 0.2) is 89.8 Å². The number of benzene rings is 3. The molecule has 0 unspecified atom stereocenters. The van der Waals surface area contributed by atoms with E-state index in [0.29, 0.717) is 11.4 Å². The topological polar surface area (TPSA) is 86.8 Å². The molecule has 1 N–H and O–H groups in total. The van der Waals surface area contributed by atoms with Gasteiger partial charge in [-0.2, -0.15) is 0 Å². The van der Waals surface area contributed by atoms with Gasteiger partial charge in [0.1, 0.15) is 12.6 Å². The lowest BCUT2D eigenvalue weighted by Gasteiger charge is -2.33. The van der Waals surface area contributed by atoms with Crippen LogP contribution in [0, 0.1) is 0 Å². The predicted molar refractivity (Wildman–Crippen MR) is 151 cm³/mol. The average Bonchev–Trinajstić information content (AvgIpc) is 2.92. The Kier molecular flexibility index (Phi) is 10.3. The number of sulfonamides is 1. The summed E-state index contributed by atoms with van der Waals surface area (Å²) >= 11 is 6.20. The standard InChI is InChI=1S/C29H34ClN3O4S/c1-4-22(3)31-29(35)27(5-2)32(20-23-13-8-6-9-14-23)28(34)21-33(25-16-12-15-24(30)19-25)38(36,37)26-17-10-7-11-18-26/h6-19,22,27H,4-5,20-21H2,1-3H3,(H,31,35)/t22-,27-/m0/s1. The quantitative estimate of drug-likeness (QED) is 0.330. The monoisotopic (exact) mass is 555 g/mol. The summed E-state index contributed by atoms with van der Waals surface area (Å²) < 4.78 is 28.6. The molecule has 3 aromatic carbocycles. The van der Waals surface area contributed by atoms with Crippen LogP contribution in [0.5, 0.6) is 0 Å². The number of rotatable bonds is 12. The summed E-state index contributed by atoms with van der Waals surface area (Å²) in [5.41, 5.74) is 1.09. The highest BCUT2D eigenvalue weighted by Gasteiger charge is 2.34. The molecule has 0 aliphatic rings. The summed E-state index contributed by atoms with van der Waals surface area (Å²) in [5, 5.41) is 3.30. The summed E-state index contributed by atoms with van der Waals surface area (Å²) in [6, 6.07) is 22.8. The maximum Gasteiger partial charge on any atom is 0.264 e. The van der Waals surface area contributed by atoms with Crippen molar-refractivity contribution in [2.24, 2.45) is 0 Å². The molecule has 2 amide bonds. The van der Waals surface area contributed by atoms with Crippen molar-refractivity contribution in [3.63, 3.8) is 0 Å². The smallest absolute Gasteiger partial charge is 0.264 e. The van der Waals surface area contributed by atoms with E-state index in [1.165, 1.54) is 23.1 Å². The van der Waals surface area contributed by atoms with Crippen molar-refractivity contribution in [2.45, 2.75) is 57.1 Å². The zero-order chi connectivity index (χ0) is 27.7. The van der Waals surface area contributed by atoms with E-state index in [2.05, 4.69) is 5.32 Å². The van der Waals surface area contributed by atoms with Crippen LogP contribution in [-0.2, 0) is 26.2 Å². The molecule has 0 spiro atoms. The molecule has 0 saturated heterocycles. The minimum atomic E-state index is -4.12. The van der Waals surface area contributed by atoms with Gasteiger partial charge in [0.05, 0.1) is 10.6 Å². The SMILES string of the molecule is CC[C@H](C)NC(=O)[C@H](CC)N(Cc1ccccc1)C(=O)CN(c1cccc(Cl)c1)S(=O)(=O)c1ccccc1. The van der Waals surface area contributed by atoms with Gasteiger partial charge in [0.2, 0.25) is 11.8 Å². The van der Waals surface area contributed by atoms with Crippen molar-refractivity contribution >= 4 is 39.1 Å². The summed E-state index contributed by atoms with van der Waals surface area (Å²) in [6.45, 7) is 5.36. The van der Waals surface area contributed by atoms with Crippen LogP contribution in [0.2, 0.25) is 5.02 Å². The fourth-order valence-electron chi connectivity index (χ4n) is 4.02. The van der Waals surface area contributed by atoms with Gasteiger partial charge in [0.15, 0.2) is 0 Å². The van der Waals surface area contributed by atoms with Crippen LogP contribution in [-0.4, -0.2) is 43.8 Å². The maximum absolute atomic E-state index is 14.0. The van der Waals surface area contributed by atoms with Gasteiger partial charge in [-0.25, -0.2) is 8.42 Å².